The van der Waals surface area contributed by atoms with Crippen LogP contribution in [0.15, 0.2) is 29.4 Å². The molecule has 0 saturated carbocycles. The van der Waals surface area contributed by atoms with E-state index in [1.54, 1.807) is 4.72 Å². The number of hydrogen-bond acceptors (Lipinski definition) is 4. The van der Waals surface area contributed by atoms with Gasteiger partial charge in [-0.1, -0.05) is 0 Å². The smallest absolute Gasteiger partial charge is 0.268 e. The number of sulfonamides is 1. The zero-order valence-electron chi connectivity index (χ0n) is 12.7. The first kappa shape index (κ1) is 17.1. The van der Waals surface area contributed by atoms with Gasteiger partial charge in [0.25, 0.3) is 15.9 Å². The van der Waals surface area contributed by atoms with E-state index < -0.39 is 32.5 Å². The first-order chi connectivity index (χ1) is 10.6. The average Bonchev–Trinajstić information content (AvgIpc) is 2.92. The summed E-state index contributed by atoms with van der Waals surface area (Å²) in [6, 6.07) is 1.28. The standard InChI is InChI=1S/C14H15F2N3O3S/c1-8(2)19-7-10(6-17-19)14(20)18-23(21,22)13-5-11(15)9(3)4-12(13)16/h4-8H,1-3H3,(H,18,20). The monoisotopic (exact) mass is 343 g/mol. The van der Waals surface area contributed by atoms with Crippen LogP contribution in [0.25, 0.3) is 0 Å². The number of hydrogen-bond donors (Lipinski definition) is 1. The van der Waals surface area contributed by atoms with Gasteiger partial charge in [0.1, 0.15) is 16.5 Å². The van der Waals surface area contributed by atoms with Gasteiger partial charge in [0, 0.05) is 12.2 Å². The predicted octanol–water partition coefficient (Wildman–Crippen LogP) is 2.17. The molecule has 0 aliphatic rings. The summed E-state index contributed by atoms with van der Waals surface area (Å²) in [5.74, 6) is -2.99. The molecule has 6 nitrogen and oxygen atoms in total. The summed E-state index contributed by atoms with van der Waals surface area (Å²) in [5, 5.41) is 3.91. The molecule has 0 aliphatic heterocycles. The topological polar surface area (TPSA) is 81.1 Å². The molecule has 23 heavy (non-hydrogen) atoms. The highest BCUT2D eigenvalue weighted by molar-refractivity contribution is 7.90. The molecule has 1 aromatic heterocycles. The van der Waals surface area contributed by atoms with Gasteiger partial charge in [0.2, 0.25) is 0 Å². The number of carbonyl (C=O) groups is 1. The number of halogens is 2. The van der Waals surface area contributed by atoms with E-state index in [4.69, 9.17) is 0 Å². The zero-order chi connectivity index (χ0) is 17.4. The van der Waals surface area contributed by atoms with E-state index in [0.29, 0.717) is 6.07 Å². The summed E-state index contributed by atoms with van der Waals surface area (Å²) < 4.78 is 54.6. The Kier molecular flexibility index (Phi) is 4.51. The van der Waals surface area contributed by atoms with E-state index in [2.05, 4.69) is 5.10 Å². The number of nitrogens with zero attached hydrogens (tertiary/aromatic N) is 2. The van der Waals surface area contributed by atoms with Crippen molar-refractivity contribution in [3.8, 4) is 0 Å². The third-order valence-corrected chi connectivity index (χ3v) is 4.47. The van der Waals surface area contributed by atoms with Crippen LogP contribution in [0.4, 0.5) is 8.78 Å². The second kappa shape index (κ2) is 6.07. The van der Waals surface area contributed by atoms with E-state index in [1.165, 1.54) is 24.0 Å². The van der Waals surface area contributed by atoms with Crippen LogP contribution in [0.1, 0.15) is 35.8 Å². The van der Waals surface area contributed by atoms with Crippen LogP contribution < -0.4 is 4.72 Å². The lowest BCUT2D eigenvalue weighted by atomic mass is 10.2. The molecule has 2 rings (SSSR count). The van der Waals surface area contributed by atoms with E-state index in [-0.39, 0.29) is 17.2 Å². The normalized spacial score (nSPS) is 11.7. The van der Waals surface area contributed by atoms with Crippen molar-refractivity contribution in [2.45, 2.75) is 31.7 Å². The number of benzene rings is 1. The highest BCUT2D eigenvalue weighted by Gasteiger charge is 2.24. The Bertz CT molecular complexity index is 860. The average molecular weight is 343 g/mol. The fourth-order valence-corrected chi connectivity index (χ4v) is 2.85. The maximum absolute atomic E-state index is 13.8. The molecule has 0 fully saturated rings. The van der Waals surface area contributed by atoms with Crippen molar-refractivity contribution in [3.05, 3.63) is 47.3 Å². The molecular formula is C14H15F2N3O3S. The third kappa shape index (κ3) is 3.55. The summed E-state index contributed by atoms with van der Waals surface area (Å²) >= 11 is 0. The number of rotatable bonds is 4. The van der Waals surface area contributed by atoms with Crippen molar-refractivity contribution < 1.29 is 22.0 Å². The van der Waals surface area contributed by atoms with E-state index in [1.807, 2.05) is 13.8 Å². The van der Waals surface area contributed by atoms with E-state index >= 15 is 0 Å². The lowest BCUT2D eigenvalue weighted by molar-refractivity contribution is 0.0981. The summed E-state index contributed by atoms with van der Waals surface area (Å²) in [6.07, 6.45) is 2.55. The Morgan fingerprint density at radius 1 is 1.26 bits per heavy atom. The Labute approximate surface area is 132 Å². The molecule has 0 aliphatic carbocycles. The van der Waals surface area contributed by atoms with Gasteiger partial charge in [-0.25, -0.2) is 21.9 Å². The molecule has 0 radical (unpaired) electrons. The van der Waals surface area contributed by atoms with Crippen molar-refractivity contribution in [2.24, 2.45) is 0 Å². The van der Waals surface area contributed by atoms with Crippen LogP contribution >= 0.6 is 0 Å². The molecule has 0 atom stereocenters. The van der Waals surface area contributed by atoms with Gasteiger partial charge in [-0.2, -0.15) is 5.10 Å². The second-order valence-corrected chi connectivity index (χ2v) is 6.92. The number of aryl methyl sites for hydroxylation is 1. The fraction of sp³-hybridized carbons (Fsp3) is 0.286. The minimum absolute atomic E-state index is 0.00438. The SMILES string of the molecule is Cc1cc(F)c(S(=O)(=O)NC(=O)c2cnn(C(C)C)c2)cc1F. The quantitative estimate of drug-likeness (QED) is 0.922. The summed E-state index contributed by atoms with van der Waals surface area (Å²) in [6.45, 7) is 4.96. The highest BCUT2D eigenvalue weighted by atomic mass is 32.2. The van der Waals surface area contributed by atoms with Crippen molar-refractivity contribution in [2.75, 3.05) is 0 Å². The van der Waals surface area contributed by atoms with Gasteiger partial charge in [-0.3, -0.25) is 9.48 Å². The first-order valence-electron chi connectivity index (χ1n) is 6.69. The van der Waals surface area contributed by atoms with Crippen molar-refractivity contribution in [1.82, 2.24) is 14.5 Å². The molecule has 0 spiro atoms. The number of amides is 1. The second-order valence-electron chi connectivity index (χ2n) is 5.27. The fourth-order valence-electron chi connectivity index (χ4n) is 1.81. The van der Waals surface area contributed by atoms with Crippen LogP contribution in [0.3, 0.4) is 0 Å². The molecule has 1 N–H and O–H groups in total. The van der Waals surface area contributed by atoms with Crippen molar-refractivity contribution in [1.29, 1.82) is 0 Å². The zero-order valence-corrected chi connectivity index (χ0v) is 13.5. The maximum Gasteiger partial charge on any atom is 0.268 e. The predicted molar refractivity (Wildman–Crippen MR) is 78.4 cm³/mol. The van der Waals surface area contributed by atoms with Gasteiger partial charge in [-0.15, -0.1) is 0 Å². The number of aromatic nitrogens is 2. The molecular weight excluding hydrogens is 328 g/mol. The van der Waals surface area contributed by atoms with E-state index in [0.717, 1.165) is 6.07 Å². The van der Waals surface area contributed by atoms with Gasteiger partial charge in [0.05, 0.1) is 11.8 Å². The van der Waals surface area contributed by atoms with Crippen LogP contribution in [-0.4, -0.2) is 24.1 Å². The summed E-state index contributed by atoms with van der Waals surface area (Å²) in [5.41, 5.74) is -0.0405. The Hall–Kier alpha value is -2.29. The van der Waals surface area contributed by atoms with Crippen molar-refractivity contribution >= 4 is 15.9 Å². The lowest BCUT2D eigenvalue weighted by Crippen LogP contribution is -2.31. The largest absolute Gasteiger partial charge is 0.269 e. The van der Waals surface area contributed by atoms with Crippen molar-refractivity contribution in [3.63, 3.8) is 0 Å². The number of nitrogens with one attached hydrogen (secondary N) is 1. The van der Waals surface area contributed by atoms with Crippen LogP contribution in [0.5, 0.6) is 0 Å². The third-order valence-electron chi connectivity index (χ3n) is 3.12. The molecule has 0 bridgehead atoms. The first-order valence-corrected chi connectivity index (χ1v) is 8.17. The Balaban J connectivity index is 2.30. The Morgan fingerprint density at radius 2 is 1.91 bits per heavy atom. The Morgan fingerprint density at radius 3 is 2.48 bits per heavy atom. The maximum atomic E-state index is 13.8. The lowest BCUT2D eigenvalue weighted by Gasteiger charge is -2.08. The van der Waals surface area contributed by atoms with E-state index in [9.17, 15) is 22.0 Å². The minimum Gasteiger partial charge on any atom is -0.269 e. The van der Waals surface area contributed by atoms with Crippen LogP contribution in [0, 0.1) is 18.6 Å². The molecule has 1 heterocycles. The molecule has 0 unspecified atom stereocenters. The molecule has 1 amide bonds. The molecule has 0 saturated heterocycles. The van der Waals surface area contributed by atoms with Crippen LogP contribution in [0.2, 0.25) is 0 Å². The molecule has 1 aromatic carbocycles. The molecule has 2 aromatic rings. The highest BCUT2D eigenvalue weighted by Crippen LogP contribution is 2.19. The molecule has 124 valence electrons. The van der Waals surface area contributed by atoms with Crippen LogP contribution in [-0.2, 0) is 10.0 Å². The van der Waals surface area contributed by atoms with Gasteiger partial charge in [-0.05, 0) is 38.5 Å². The minimum atomic E-state index is -4.54. The van der Waals surface area contributed by atoms with Gasteiger partial charge < -0.3 is 0 Å². The van der Waals surface area contributed by atoms with Gasteiger partial charge in [0.15, 0.2) is 0 Å². The number of carbonyl (C=O) groups excluding carboxylic acids is 1. The summed E-state index contributed by atoms with van der Waals surface area (Å²) in [7, 11) is -4.54. The summed E-state index contributed by atoms with van der Waals surface area (Å²) in [4.78, 5) is 11.0. The molecule has 9 heteroatoms. The van der Waals surface area contributed by atoms with Gasteiger partial charge >= 0.3 is 0 Å².